The zero-order valence-corrected chi connectivity index (χ0v) is 17.9. The summed E-state index contributed by atoms with van der Waals surface area (Å²) in [7, 11) is -3.70. The van der Waals surface area contributed by atoms with Gasteiger partial charge in [-0.3, -0.25) is 4.79 Å². The maximum absolute atomic E-state index is 12.6. The van der Waals surface area contributed by atoms with Crippen molar-refractivity contribution >= 4 is 15.7 Å². The Morgan fingerprint density at radius 1 is 1.06 bits per heavy atom. The first-order chi connectivity index (χ1) is 15.6. The molecule has 1 heterocycles. The topological polar surface area (TPSA) is 106 Å². The number of halogens is 3. The maximum Gasteiger partial charge on any atom is 0.416 e. The second-order valence-corrected chi connectivity index (χ2v) is 9.03. The number of ether oxygens (including phenoxy) is 1. The number of carbonyl (C=O) groups is 1. The zero-order valence-electron chi connectivity index (χ0n) is 17.1. The Balaban J connectivity index is 1.52. The third-order valence-corrected chi connectivity index (χ3v) is 6.20. The fourth-order valence-corrected chi connectivity index (χ4v) is 4.22. The van der Waals surface area contributed by atoms with E-state index in [2.05, 4.69) is 5.32 Å². The molecule has 1 amide bonds. The Kier molecular flexibility index (Phi) is 7.44. The van der Waals surface area contributed by atoms with E-state index >= 15 is 0 Å². The molecule has 0 aliphatic carbocycles. The van der Waals surface area contributed by atoms with E-state index in [1.807, 2.05) is 0 Å². The number of carbonyl (C=O) groups excluding carboxylic acids is 1. The van der Waals surface area contributed by atoms with E-state index in [9.17, 15) is 31.5 Å². The highest BCUT2D eigenvalue weighted by atomic mass is 32.2. The number of hydrogen-bond donors (Lipinski definition) is 2. The van der Waals surface area contributed by atoms with Gasteiger partial charge in [0.2, 0.25) is 0 Å². The average molecular weight is 483 g/mol. The smallest absolute Gasteiger partial charge is 0.416 e. The summed E-state index contributed by atoms with van der Waals surface area (Å²) in [5.41, 5.74) is -0.668. The molecule has 0 fully saturated rings. The summed E-state index contributed by atoms with van der Waals surface area (Å²) in [5.74, 6) is -1.26. The van der Waals surface area contributed by atoms with Gasteiger partial charge in [0.15, 0.2) is 15.6 Å². The third kappa shape index (κ3) is 6.59. The molecule has 0 saturated carbocycles. The maximum atomic E-state index is 12.6. The van der Waals surface area contributed by atoms with Crippen molar-refractivity contribution < 1.29 is 40.6 Å². The number of aliphatic hydroxyl groups is 1. The largest absolute Gasteiger partial charge is 0.491 e. The summed E-state index contributed by atoms with van der Waals surface area (Å²) in [5, 5.41) is 12.4. The number of amides is 1. The van der Waals surface area contributed by atoms with Crippen LogP contribution in [-0.4, -0.2) is 38.7 Å². The molecule has 7 nitrogen and oxygen atoms in total. The van der Waals surface area contributed by atoms with Crippen LogP contribution in [-0.2, 0) is 21.8 Å². The van der Waals surface area contributed by atoms with Gasteiger partial charge in [-0.2, -0.15) is 13.2 Å². The molecule has 1 unspecified atom stereocenters. The molecule has 1 atom stereocenters. The van der Waals surface area contributed by atoms with Gasteiger partial charge >= 0.3 is 6.18 Å². The number of furan rings is 1. The summed E-state index contributed by atoms with van der Waals surface area (Å²) in [6.07, 6.45) is -4.45. The van der Waals surface area contributed by atoms with Crippen molar-refractivity contribution in [3.05, 3.63) is 83.8 Å². The lowest BCUT2D eigenvalue weighted by molar-refractivity contribution is -0.137. The van der Waals surface area contributed by atoms with Crippen molar-refractivity contribution in [2.24, 2.45) is 0 Å². The minimum atomic E-state index is -4.46. The number of hydrogen-bond acceptors (Lipinski definition) is 6. The van der Waals surface area contributed by atoms with Gasteiger partial charge in [-0.15, -0.1) is 0 Å². The Bertz CT molecular complexity index is 1170. The van der Waals surface area contributed by atoms with Crippen LogP contribution in [0.4, 0.5) is 13.2 Å². The second kappa shape index (κ2) is 10.1. The molecule has 0 spiro atoms. The van der Waals surface area contributed by atoms with Crippen LogP contribution >= 0.6 is 0 Å². The fraction of sp³-hybridized carbons (Fsp3) is 0.227. The number of nitrogens with one attached hydrogen (secondary N) is 1. The Hall–Kier alpha value is -3.31. The van der Waals surface area contributed by atoms with E-state index in [0.29, 0.717) is 0 Å². The lowest BCUT2D eigenvalue weighted by atomic mass is 10.2. The van der Waals surface area contributed by atoms with Gasteiger partial charge in [0, 0.05) is 12.1 Å². The quantitative estimate of drug-likeness (QED) is 0.483. The molecule has 0 aliphatic rings. The molecule has 11 heteroatoms. The molecule has 0 radical (unpaired) electrons. The molecule has 2 aromatic carbocycles. The molecule has 0 bridgehead atoms. The monoisotopic (exact) mass is 483 g/mol. The van der Waals surface area contributed by atoms with Crippen molar-refractivity contribution in [3.8, 4) is 5.75 Å². The van der Waals surface area contributed by atoms with E-state index in [1.54, 1.807) is 18.2 Å². The molecule has 1 aromatic heterocycles. The highest BCUT2D eigenvalue weighted by molar-refractivity contribution is 7.90. The van der Waals surface area contributed by atoms with Crippen LogP contribution in [0.1, 0.15) is 21.7 Å². The van der Waals surface area contributed by atoms with Crippen LogP contribution in [0.15, 0.2) is 76.2 Å². The predicted octanol–water partition coefficient (Wildman–Crippen LogP) is 3.44. The third-order valence-electron chi connectivity index (χ3n) is 4.52. The normalized spacial score (nSPS) is 12.8. The Morgan fingerprint density at radius 2 is 1.73 bits per heavy atom. The Morgan fingerprint density at radius 3 is 2.36 bits per heavy atom. The van der Waals surface area contributed by atoms with Gasteiger partial charge in [-0.05, 0) is 42.5 Å². The summed E-state index contributed by atoms with van der Waals surface area (Å²) in [4.78, 5) is 12.5. The molecular formula is C22H20F3NO6S. The summed E-state index contributed by atoms with van der Waals surface area (Å²) < 4.78 is 73.2. The van der Waals surface area contributed by atoms with Crippen molar-refractivity contribution in [3.63, 3.8) is 0 Å². The first kappa shape index (κ1) is 24.3. The zero-order chi connectivity index (χ0) is 24.1. The van der Waals surface area contributed by atoms with Crippen molar-refractivity contribution in [1.29, 1.82) is 0 Å². The van der Waals surface area contributed by atoms with Crippen LogP contribution in [0.5, 0.6) is 5.75 Å². The predicted molar refractivity (Wildman–Crippen MR) is 111 cm³/mol. The van der Waals surface area contributed by atoms with Gasteiger partial charge in [0.05, 0.1) is 22.5 Å². The van der Waals surface area contributed by atoms with Gasteiger partial charge in [-0.1, -0.05) is 18.2 Å². The first-order valence-electron chi connectivity index (χ1n) is 9.67. The lowest BCUT2D eigenvalue weighted by Gasteiger charge is -2.14. The van der Waals surface area contributed by atoms with Gasteiger partial charge in [0.25, 0.3) is 5.91 Å². The minimum Gasteiger partial charge on any atom is -0.491 e. The minimum absolute atomic E-state index is 0.105. The number of sulfone groups is 1. The second-order valence-electron chi connectivity index (χ2n) is 7.04. The van der Waals surface area contributed by atoms with Crippen molar-refractivity contribution in [1.82, 2.24) is 5.32 Å². The Labute approximate surface area is 187 Å². The van der Waals surface area contributed by atoms with E-state index < -0.39 is 39.3 Å². The van der Waals surface area contributed by atoms with E-state index in [0.717, 1.165) is 24.3 Å². The molecule has 33 heavy (non-hydrogen) atoms. The molecular weight excluding hydrogens is 463 g/mol. The van der Waals surface area contributed by atoms with Gasteiger partial charge < -0.3 is 19.6 Å². The summed E-state index contributed by atoms with van der Waals surface area (Å²) >= 11 is 0. The lowest BCUT2D eigenvalue weighted by Crippen LogP contribution is -2.35. The number of alkyl halides is 3. The van der Waals surface area contributed by atoms with E-state index in [1.165, 1.54) is 24.5 Å². The van der Waals surface area contributed by atoms with Gasteiger partial charge in [-0.25, -0.2) is 8.42 Å². The SMILES string of the molecule is O=C(NCC(O)COc1ccc(C(F)(F)F)cc1)c1occc1CS(=O)(=O)c1ccccc1. The van der Waals surface area contributed by atoms with E-state index in [-0.39, 0.29) is 35.1 Å². The van der Waals surface area contributed by atoms with Crippen molar-refractivity contribution in [2.75, 3.05) is 13.2 Å². The van der Waals surface area contributed by atoms with Crippen molar-refractivity contribution in [2.45, 2.75) is 22.9 Å². The summed E-state index contributed by atoms with van der Waals surface area (Å²) in [6.45, 7) is -0.552. The van der Waals surface area contributed by atoms with Gasteiger partial charge in [0.1, 0.15) is 18.5 Å². The molecule has 2 N–H and O–H groups in total. The fourth-order valence-electron chi connectivity index (χ4n) is 2.85. The molecule has 3 rings (SSSR count). The molecule has 176 valence electrons. The number of benzene rings is 2. The van der Waals surface area contributed by atoms with Crippen LogP contribution < -0.4 is 10.1 Å². The molecule has 3 aromatic rings. The molecule has 0 aliphatic heterocycles. The van der Waals surface area contributed by atoms with Crippen LogP contribution in [0, 0.1) is 0 Å². The van der Waals surface area contributed by atoms with Crippen LogP contribution in [0.3, 0.4) is 0 Å². The highest BCUT2D eigenvalue weighted by Crippen LogP contribution is 2.30. The average Bonchev–Trinajstić information content (AvgIpc) is 3.24. The van der Waals surface area contributed by atoms with Crippen LogP contribution in [0.25, 0.3) is 0 Å². The summed E-state index contributed by atoms with van der Waals surface area (Å²) in [6, 6.07) is 13.1. The first-order valence-corrected chi connectivity index (χ1v) is 11.3. The van der Waals surface area contributed by atoms with Crippen LogP contribution in [0.2, 0.25) is 0 Å². The number of rotatable bonds is 9. The highest BCUT2D eigenvalue weighted by Gasteiger charge is 2.30. The standard InChI is InChI=1S/C22H20F3NO6S/c23-22(24,25)16-6-8-18(9-7-16)32-13-17(27)12-26-21(28)20-15(10-11-31-20)14-33(29,30)19-4-2-1-3-5-19/h1-11,17,27H,12-14H2,(H,26,28). The molecule has 0 saturated heterocycles. The number of aliphatic hydroxyl groups excluding tert-OH is 1. The van der Waals surface area contributed by atoms with E-state index in [4.69, 9.17) is 9.15 Å².